The lowest BCUT2D eigenvalue weighted by molar-refractivity contribution is -0.128. The number of hydrogen-bond donors (Lipinski definition) is 1. The molecule has 2 rings (SSSR count). The van der Waals surface area contributed by atoms with Crippen LogP contribution in [0.4, 0.5) is 18.9 Å². The van der Waals surface area contributed by atoms with Crippen molar-refractivity contribution in [3.63, 3.8) is 0 Å². The first-order chi connectivity index (χ1) is 8.43. The highest BCUT2D eigenvalue weighted by molar-refractivity contribution is 5.90. The third-order valence-electron chi connectivity index (χ3n) is 2.40. The molecular formula is C11H11F3N2O2. The topological polar surface area (TPSA) is 51.2 Å². The van der Waals surface area contributed by atoms with Crippen molar-refractivity contribution in [1.82, 2.24) is 5.43 Å². The van der Waals surface area contributed by atoms with Crippen molar-refractivity contribution < 1.29 is 22.7 Å². The molecule has 0 aliphatic carbocycles. The number of hydrogen-bond acceptors (Lipinski definition) is 4. The zero-order valence-electron chi connectivity index (χ0n) is 9.49. The number of anilines is 1. The second kappa shape index (κ2) is 4.49. The Morgan fingerprint density at radius 1 is 1.50 bits per heavy atom. The fraction of sp³-hybridized carbons (Fsp3) is 0.364. The minimum Gasteiger partial charge on any atom is -0.462 e. The van der Waals surface area contributed by atoms with Crippen LogP contribution in [0.2, 0.25) is 0 Å². The smallest absolute Gasteiger partial charge is 0.425 e. The van der Waals surface area contributed by atoms with Gasteiger partial charge in [0.1, 0.15) is 0 Å². The van der Waals surface area contributed by atoms with Crippen molar-refractivity contribution in [2.24, 2.45) is 0 Å². The molecule has 7 heteroatoms. The number of alkyl halides is 3. The number of halogens is 3. The molecule has 0 aromatic heterocycles. The lowest BCUT2D eigenvalue weighted by atomic mass is 10.2. The average molecular weight is 260 g/mol. The highest BCUT2D eigenvalue weighted by atomic mass is 19.4. The van der Waals surface area contributed by atoms with Gasteiger partial charge in [0.25, 0.3) is 0 Å². The molecule has 98 valence electrons. The van der Waals surface area contributed by atoms with Gasteiger partial charge >= 0.3 is 12.1 Å². The predicted molar refractivity (Wildman–Crippen MR) is 57.9 cm³/mol. The van der Waals surface area contributed by atoms with E-state index in [1.54, 1.807) is 6.92 Å². The first-order valence-electron chi connectivity index (χ1n) is 5.33. The molecule has 1 atom stereocenters. The van der Waals surface area contributed by atoms with Gasteiger partial charge < -0.3 is 4.74 Å². The molecule has 0 amide bonds. The first-order valence-corrected chi connectivity index (χ1v) is 5.33. The normalized spacial score (nSPS) is 18.7. The number of hydrazine groups is 1. The highest BCUT2D eigenvalue weighted by Crippen LogP contribution is 2.34. The van der Waals surface area contributed by atoms with E-state index < -0.39 is 18.3 Å². The zero-order chi connectivity index (χ0) is 13.3. The Labute approximate surface area is 101 Å². The van der Waals surface area contributed by atoms with Crippen LogP contribution >= 0.6 is 0 Å². The van der Waals surface area contributed by atoms with Crippen LogP contribution in [0.15, 0.2) is 24.3 Å². The van der Waals surface area contributed by atoms with Crippen LogP contribution in [-0.4, -0.2) is 24.9 Å². The van der Waals surface area contributed by atoms with Gasteiger partial charge in [0.05, 0.1) is 17.9 Å². The van der Waals surface area contributed by atoms with Gasteiger partial charge in [0.15, 0.2) is 0 Å². The summed E-state index contributed by atoms with van der Waals surface area (Å²) >= 11 is 0. The second-order valence-electron chi connectivity index (χ2n) is 3.71. The monoisotopic (exact) mass is 260 g/mol. The van der Waals surface area contributed by atoms with E-state index in [1.165, 1.54) is 24.3 Å². The second-order valence-corrected chi connectivity index (χ2v) is 3.71. The molecule has 1 aliphatic rings. The molecule has 1 aromatic rings. The van der Waals surface area contributed by atoms with Crippen molar-refractivity contribution in [3.05, 3.63) is 29.8 Å². The Bertz CT molecular complexity index is 462. The van der Waals surface area contributed by atoms with Gasteiger partial charge in [-0.25, -0.2) is 10.2 Å². The number of esters is 1. The minimum atomic E-state index is -4.33. The van der Waals surface area contributed by atoms with E-state index in [1.807, 2.05) is 0 Å². The molecule has 0 saturated carbocycles. The number of benzene rings is 1. The molecule has 1 saturated heterocycles. The maximum atomic E-state index is 12.4. The Hall–Kier alpha value is -1.76. The summed E-state index contributed by atoms with van der Waals surface area (Å²) in [5.41, 5.74) is 2.69. The number of ether oxygens (including phenoxy) is 1. The quantitative estimate of drug-likeness (QED) is 0.667. The van der Waals surface area contributed by atoms with Crippen molar-refractivity contribution in [2.75, 3.05) is 11.6 Å². The maximum absolute atomic E-state index is 12.4. The molecule has 1 aliphatic heterocycles. The Morgan fingerprint density at radius 3 is 2.78 bits per heavy atom. The van der Waals surface area contributed by atoms with Crippen LogP contribution in [0.25, 0.3) is 0 Å². The summed E-state index contributed by atoms with van der Waals surface area (Å²) in [6.45, 7) is 1.88. The summed E-state index contributed by atoms with van der Waals surface area (Å²) in [6, 6.07) is 5.85. The van der Waals surface area contributed by atoms with Gasteiger partial charge in [-0.1, -0.05) is 6.07 Å². The standard InChI is InChI=1S/C11H11F3N2O2/c1-2-18-9(17)7-4-3-5-8(6-7)16-10(15-16)11(12,13)14/h3-6,10,15H,2H2,1H3. The third kappa shape index (κ3) is 2.56. The van der Waals surface area contributed by atoms with E-state index in [4.69, 9.17) is 4.74 Å². The van der Waals surface area contributed by atoms with Crippen molar-refractivity contribution in [3.8, 4) is 0 Å². The average Bonchev–Trinajstić information content (AvgIpc) is 3.09. The van der Waals surface area contributed by atoms with Gasteiger partial charge in [0.2, 0.25) is 6.17 Å². The number of rotatable bonds is 3. The molecule has 1 heterocycles. The molecule has 1 fully saturated rings. The van der Waals surface area contributed by atoms with E-state index in [0.29, 0.717) is 0 Å². The molecule has 1 N–H and O–H groups in total. The van der Waals surface area contributed by atoms with Crippen LogP contribution < -0.4 is 10.4 Å². The van der Waals surface area contributed by atoms with E-state index in [9.17, 15) is 18.0 Å². The lowest BCUT2D eigenvalue weighted by Crippen LogP contribution is -2.21. The highest BCUT2D eigenvalue weighted by Gasteiger charge is 2.54. The van der Waals surface area contributed by atoms with Crippen molar-refractivity contribution in [2.45, 2.75) is 19.3 Å². The van der Waals surface area contributed by atoms with Crippen molar-refractivity contribution in [1.29, 1.82) is 0 Å². The van der Waals surface area contributed by atoms with Gasteiger partial charge in [-0.15, -0.1) is 0 Å². The van der Waals surface area contributed by atoms with E-state index in [-0.39, 0.29) is 17.9 Å². The predicted octanol–water partition coefficient (Wildman–Crippen LogP) is 2.08. The van der Waals surface area contributed by atoms with E-state index >= 15 is 0 Å². The third-order valence-corrected chi connectivity index (χ3v) is 2.40. The molecule has 1 unspecified atom stereocenters. The molecule has 0 spiro atoms. The van der Waals surface area contributed by atoms with Crippen LogP contribution in [0.5, 0.6) is 0 Å². The summed E-state index contributed by atoms with van der Waals surface area (Å²) in [7, 11) is 0. The SMILES string of the molecule is CCOC(=O)c1cccc(N2NC2C(F)(F)F)c1. The fourth-order valence-corrected chi connectivity index (χ4v) is 1.54. The summed E-state index contributed by atoms with van der Waals surface area (Å²) in [5.74, 6) is -0.551. The zero-order valence-corrected chi connectivity index (χ0v) is 9.49. The number of nitrogens with zero attached hydrogens (tertiary/aromatic N) is 1. The van der Waals surface area contributed by atoms with Gasteiger partial charge in [0, 0.05) is 0 Å². The molecule has 1 aromatic carbocycles. The summed E-state index contributed by atoms with van der Waals surface area (Å²) in [4.78, 5) is 11.4. The Balaban J connectivity index is 2.12. The molecule has 0 bridgehead atoms. The van der Waals surface area contributed by atoms with Crippen LogP contribution in [-0.2, 0) is 4.74 Å². The fourth-order valence-electron chi connectivity index (χ4n) is 1.54. The Kier molecular flexibility index (Phi) is 3.16. The summed E-state index contributed by atoms with van der Waals surface area (Å²) in [6.07, 6.45) is -6.02. The molecular weight excluding hydrogens is 249 g/mol. The number of nitrogens with one attached hydrogen (secondary N) is 1. The first kappa shape index (κ1) is 12.7. The summed E-state index contributed by atoms with van der Waals surface area (Å²) < 4.78 is 41.9. The van der Waals surface area contributed by atoms with E-state index in [2.05, 4.69) is 5.43 Å². The van der Waals surface area contributed by atoms with E-state index in [0.717, 1.165) is 5.01 Å². The van der Waals surface area contributed by atoms with Gasteiger partial charge in [-0.2, -0.15) is 13.2 Å². The largest absolute Gasteiger partial charge is 0.462 e. The number of carbonyl (C=O) groups excluding carboxylic acids is 1. The Morgan fingerprint density at radius 2 is 2.22 bits per heavy atom. The van der Waals surface area contributed by atoms with Crippen LogP contribution in [0.3, 0.4) is 0 Å². The molecule has 0 radical (unpaired) electrons. The van der Waals surface area contributed by atoms with Crippen LogP contribution in [0.1, 0.15) is 17.3 Å². The number of carbonyl (C=O) groups is 1. The molecule has 4 nitrogen and oxygen atoms in total. The van der Waals surface area contributed by atoms with Gasteiger partial charge in [-0.05, 0) is 25.1 Å². The van der Waals surface area contributed by atoms with Crippen LogP contribution in [0, 0.1) is 0 Å². The minimum absolute atomic E-state index is 0.218. The maximum Gasteiger partial charge on any atom is 0.425 e. The molecule has 18 heavy (non-hydrogen) atoms. The van der Waals surface area contributed by atoms with Gasteiger partial charge in [-0.3, -0.25) is 5.01 Å². The summed E-state index contributed by atoms with van der Waals surface area (Å²) in [5, 5.41) is 0.947. The van der Waals surface area contributed by atoms with Crippen molar-refractivity contribution >= 4 is 11.7 Å². The lowest BCUT2D eigenvalue weighted by Gasteiger charge is -2.07.